The number of nitrogens with zero attached hydrogens (tertiary/aromatic N) is 3. The summed E-state index contributed by atoms with van der Waals surface area (Å²) in [5.74, 6) is 0.236. The van der Waals surface area contributed by atoms with Crippen molar-refractivity contribution in [2.75, 3.05) is 6.54 Å². The molecule has 4 heterocycles. The molecule has 0 saturated carbocycles. The lowest BCUT2D eigenvalue weighted by Crippen LogP contribution is -2.36. The van der Waals surface area contributed by atoms with Gasteiger partial charge in [0.1, 0.15) is 0 Å². The van der Waals surface area contributed by atoms with E-state index in [4.69, 9.17) is 0 Å². The van der Waals surface area contributed by atoms with Crippen LogP contribution in [0.15, 0.2) is 35.8 Å². The lowest BCUT2D eigenvalue weighted by atomic mass is 10.0. The van der Waals surface area contributed by atoms with Crippen LogP contribution in [0.5, 0.6) is 0 Å². The van der Waals surface area contributed by atoms with Crippen molar-refractivity contribution in [2.45, 2.75) is 32.7 Å². The minimum absolute atomic E-state index is 0.236. The molecule has 1 aliphatic rings. The summed E-state index contributed by atoms with van der Waals surface area (Å²) in [4.78, 5) is 24.8. The minimum Gasteiger partial charge on any atom is -0.338 e. The molecule has 1 aliphatic heterocycles. The molecule has 0 atom stereocenters. The molecule has 0 bridgehead atoms. The van der Waals surface area contributed by atoms with Gasteiger partial charge in [0.25, 0.3) is 0 Å². The Kier molecular flexibility index (Phi) is 4.02. The quantitative estimate of drug-likeness (QED) is 0.735. The molecule has 24 heavy (non-hydrogen) atoms. The summed E-state index contributed by atoms with van der Waals surface area (Å²) in [6.45, 7) is 3.52. The van der Waals surface area contributed by atoms with Gasteiger partial charge in [-0.05, 0) is 54.1 Å². The molecule has 0 unspecified atom stereocenters. The van der Waals surface area contributed by atoms with E-state index in [0.717, 1.165) is 41.7 Å². The molecule has 0 radical (unpaired) electrons. The van der Waals surface area contributed by atoms with Crippen LogP contribution in [-0.4, -0.2) is 27.3 Å². The molecule has 0 aliphatic carbocycles. The van der Waals surface area contributed by atoms with Crippen molar-refractivity contribution < 1.29 is 4.79 Å². The number of pyridine rings is 2. The fourth-order valence-electron chi connectivity index (χ4n) is 3.22. The van der Waals surface area contributed by atoms with Gasteiger partial charge in [0, 0.05) is 48.1 Å². The van der Waals surface area contributed by atoms with E-state index in [1.165, 1.54) is 10.4 Å². The van der Waals surface area contributed by atoms with E-state index in [-0.39, 0.29) is 5.91 Å². The third-order valence-corrected chi connectivity index (χ3v) is 5.71. The van der Waals surface area contributed by atoms with Crippen LogP contribution in [0.1, 0.15) is 28.1 Å². The number of carbonyl (C=O) groups is 1. The van der Waals surface area contributed by atoms with Crippen molar-refractivity contribution in [3.8, 4) is 0 Å². The molecule has 122 valence electrons. The number of thiophene rings is 1. The normalized spacial score (nSPS) is 14.0. The summed E-state index contributed by atoms with van der Waals surface area (Å²) < 4.78 is 0. The summed E-state index contributed by atoms with van der Waals surface area (Å²) in [6.07, 6.45) is 4.00. The van der Waals surface area contributed by atoms with Crippen LogP contribution in [0.4, 0.5) is 0 Å². The predicted octanol–water partition coefficient (Wildman–Crippen LogP) is 3.52. The van der Waals surface area contributed by atoms with Crippen LogP contribution in [0.2, 0.25) is 0 Å². The van der Waals surface area contributed by atoms with Gasteiger partial charge in [-0.2, -0.15) is 0 Å². The second-order valence-corrected chi connectivity index (χ2v) is 7.24. The smallest absolute Gasteiger partial charge is 0.223 e. The molecule has 0 saturated heterocycles. The fourth-order valence-corrected chi connectivity index (χ4v) is 4.13. The first-order valence-corrected chi connectivity index (χ1v) is 9.13. The third kappa shape index (κ3) is 2.91. The number of hydrogen-bond acceptors (Lipinski definition) is 4. The summed E-state index contributed by atoms with van der Waals surface area (Å²) in [5, 5.41) is 3.14. The van der Waals surface area contributed by atoms with Gasteiger partial charge in [-0.15, -0.1) is 11.3 Å². The van der Waals surface area contributed by atoms with Crippen LogP contribution in [0.25, 0.3) is 11.0 Å². The highest BCUT2D eigenvalue weighted by Crippen LogP contribution is 2.23. The topological polar surface area (TPSA) is 46.1 Å². The van der Waals surface area contributed by atoms with Gasteiger partial charge >= 0.3 is 0 Å². The first-order valence-electron chi connectivity index (χ1n) is 8.25. The summed E-state index contributed by atoms with van der Waals surface area (Å²) in [7, 11) is 0. The fraction of sp³-hybridized carbons (Fsp3) is 0.316. The Morgan fingerprint density at radius 2 is 2.29 bits per heavy atom. The highest BCUT2D eigenvalue weighted by Gasteiger charge is 2.22. The minimum atomic E-state index is 0.236. The van der Waals surface area contributed by atoms with Crippen molar-refractivity contribution in [2.24, 2.45) is 0 Å². The lowest BCUT2D eigenvalue weighted by molar-refractivity contribution is -0.132. The number of rotatable bonds is 3. The van der Waals surface area contributed by atoms with E-state index in [0.29, 0.717) is 13.0 Å². The molecule has 3 aromatic heterocycles. The average Bonchev–Trinajstić information content (AvgIpc) is 3.02. The largest absolute Gasteiger partial charge is 0.338 e. The monoisotopic (exact) mass is 337 g/mol. The number of carbonyl (C=O) groups excluding carboxylic acids is 1. The zero-order chi connectivity index (χ0) is 16.5. The molecule has 3 aromatic rings. The summed E-state index contributed by atoms with van der Waals surface area (Å²) >= 11 is 1.74. The predicted molar refractivity (Wildman–Crippen MR) is 96.0 cm³/mol. The molecule has 4 rings (SSSR count). The molecule has 0 fully saturated rings. The van der Waals surface area contributed by atoms with Gasteiger partial charge in [0.05, 0.1) is 0 Å². The maximum absolute atomic E-state index is 12.6. The highest BCUT2D eigenvalue weighted by molar-refractivity contribution is 7.10. The number of aryl methyl sites for hydroxylation is 2. The summed E-state index contributed by atoms with van der Waals surface area (Å²) in [5.41, 5.74) is 4.32. The van der Waals surface area contributed by atoms with E-state index in [9.17, 15) is 4.79 Å². The van der Waals surface area contributed by atoms with Gasteiger partial charge in [-0.1, -0.05) is 0 Å². The maximum atomic E-state index is 12.6. The van der Waals surface area contributed by atoms with Crippen LogP contribution >= 0.6 is 11.3 Å². The first kappa shape index (κ1) is 15.3. The number of hydrogen-bond donors (Lipinski definition) is 0. The zero-order valence-electron chi connectivity index (χ0n) is 13.7. The molecule has 4 nitrogen and oxygen atoms in total. The van der Waals surface area contributed by atoms with Crippen LogP contribution in [0, 0.1) is 6.92 Å². The van der Waals surface area contributed by atoms with Gasteiger partial charge < -0.3 is 4.90 Å². The van der Waals surface area contributed by atoms with Gasteiger partial charge in [0.2, 0.25) is 5.91 Å². The Morgan fingerprint density at radius 1 is 1.38 bits per heavy atom. The average molecular weight is 337 g/mol. The van der Waals surface area contributed by atoms with Crippen molar-refractivity contribution in [3.05, 3.63) is 57.5 Å². The molecule has 0 N–H and O–H groups in total. The van der Waals surface area contributed by atoms with Gasteiger partial charge in [-0.3, -0.25) is 4.79 Å². The number of aromatic nitrogens is 2. The van der Waals surface area contributed by atoms with E-state index in [2.05, 4.69) is 34.4 Å². The SMILES string of the molecule is Cc1ccsc1CCC(=O)N1CCc2nc3ncccc3cc2C1. The first-order chi connectivity index (χ1) is 11.7. The van der Waals surface area contributed by atoms with Crippen molar-refractivity contribution >= 4 is 28.3 Å². The zero-order valence-corrected chi connectivity index (χ0v) is 14.5. The maximum Gasteiger partial charge on any atom is 0.223 e. The number of amides is 1. The highest BCUT2D eigenvalue weighted by atomic mass is 32.1. The molecular formula is C19H19N3OS. The Hall–Kier alpha value is -2.27. The molecule has 1 amide bonds. The van der Waals surface area contributed by atoms with Crippen LogP contribution in [0.3, 0.4) is 0 Å². The summed E-state index contributed by atoms with van der Waals surface area (Å²) in [6, 6.07) is 8.20. The van der Waals surface area contributed by atoms with Crippen molar-refractivity contribution in [3.63, 3.8) is 0 Å². The van der Waals surface area contributed by atoms with E-state index in [1.807, 2.05) is 17.0 Å². The second kappa shape index (κ2) is 6.32. The lowest BCUT2D eigenvalue weighted by Gasteiger charge is -2.28. The van der Waals surface area contributed by atoms with Gasteiger partial charge in [0.15, 0.2) is 5.65 Å². The van der Waals surface area contributed by atoms with E-state index >= 15 is 0 Å². The molecule has 5 heteroatoms. The van der Waals surface area contributed by atoms with Crippen LogP contribution in [-0.2, 0) is 24.2 Å². The van der Waals surface area contributed by atoms with Crippen LogP contribution < -0.4 is 0 Å². The molecule has 0 spiro atoms. The second-order valence-electron chi connectivity index (χ2n) is 6.24. The number of fused-ring (bicyclic) bond motifs is 2. The Balaban J connectivity index is 1.48. The van der Waals surface area contributed by atoms with E-state index in [1.54, 1.807) is 17.5 Å². The van der Waals surface area contributed by atoms with Crippen molar-refractivity contribution in [1.82, 2.24) is 14.9 Å². The van der Waals surface area contributed by atoms with Gasteiger partial charge in [-0.25, -0.2) is 9.97 Å². The molecular weight excluding hydrogens is 318 g/mol. The van der Waals surface area contributed by atoms with E-state index < -0.39 is 0 Å². The Morgan fingerprint density at radius 3 is 3.12 bits per heavy atom. The molecule has 0 aromatic carbocycles. The Labute approximate surface area is 145 Å². The Bertz CT molecular complexity index is 903. The standard InChI is InChI=1S/C19H19N3OS/c1-13-7-10-24-17(13)4-5-18(23)22-9-6-16-15(12-22)11-14-3-2-8-20-19(14)21-16/h2-3,7-8,10-11H,4-6,9,12H2,1H3. The third-order valence-electron chi connectivity index (χ3n) is 4.62. The van der Waals surface area contributed by atoms with Crippen molar-refractivity contribution in [1.29, 1.82) is 0 Å².